The van der Waals surface area contributed by atoms with Crippen LogP contribution < -0.4 is 15.5 Å². The van der Waals surface area contributed by atoms with Gasteiger partial charge in [-0.2, -0.15) is 0 Å². The highest BCUT2D eigenvalue weighted by Crippen LogP contribution is 2.26. The predicted octanol–water partition coefficient (Wildman–Crippen LogP) is 1.66. The molecule has 0 bridgehead atoms. The number of thiazole rings is 1. The molecule has 2 amide bonds. The van der Waals surface area contributed by atoms with E-state index < -0.39 is 0 Å². The molecule has 2 aromatic rings. The third kappa shape index (κ3) is 4.11. The number of aromatic nitrogens is 1. The smallest absolute Gasteiger partial charge is 0.251 e. The molecule has 1 saturated heterocycles. The molecule has 0 saturated carbocycles. The van der Waals surface area contributed by atoms with Gasteiger partial charge >= 0.3 is 0 Å². The minimum absolute atomic E-state index is 0.0162. The van der Waals surface area contributed by atoms with E-state index in [2.05, 4.69) is 20.5 Å². The lowest BCUT2D eigenvalue weighted by Gasteiger charge is -2.24. The Balaban J connectivity index is 1.43. The summed E-state index contributed by atoms with van der Waals surface area (Å²) in [6.45, 7) is 1.52. The van der Waals surface area contributed by atoms with Gasteiger partial charge in [0.2, 0.25) is 5.91 Å². The van der Waals surface area contributed by atoms with E-state index in [0.29, 0.717) is 12.1 Å². The molecule has 3 rings (SSSR count). The monoisotopic (exact) mass is 344 g/mol. The third-order valence-electron chi connectivity index (χ3n) is 4.02. The van der Waals surface area contributed by atoms with Crippen molar-refractivity contribution in [1.29, 1.82) is 0 Å². The summed E-state index contributed by atoms with van der Waals surface area (Å²) in [5, 5.41) is 8.51. The molecule has 1 aliphatic rings. The van der Waals surface area contributed by atoms with Gasteiger partial charge in [-0.1, -0.05) is 18.2 Å². The zero-order chi connectivity index (χ0) is 16.8. The second kappa shape index (κ2) is 7.92. The maximum Gasteiger partial charge on any atom is 0.251 e. The van der Waals surface area contributed by atoms with Gasteiger partial charge < -0.3 is 15.5 Å². The highest BCUT2D eigenvalue weighted by atomic mass is 32.1. The van der Waals surface area contributed by atoms with Crippen molar-refractivity contribution in [3.05, 3.63) is 47.5 Å². The molecule has 2 N–H and O–H groups in total. The average Bonchev–Trinajstić information content (AvgIpc) is 3.29. The molecular weight excluding hydrogens is 324 g/mol. The molecule has 1 aliphatic heterocycles. The SMILES string of the molecule is O=C(CNC(=O)c1ccccc1)NCC1CCCN1c1nccs1. The first-order chi connectivity index (χ1) is 11.7. The summed E-state index contributed by atoms with van der Waals surface area (Å²) in [6.07, 6.45) is 3.94. The minimum atomic E-state index is -0.240. The second-order valence-corrected chi connectivity index (χ2v) is 6.53. The number of nitrogens with zero attached hydrogens (tertiary/aromatic N) is 2. The average molecular weight is 344 g/mol. The van der Waals surface area contributed by atoms with Gasteiger partial charge in [0.15, 0.2) is 5.13 Å². The Morgan fingerprint density at radius 3 is 2.83 bits per heavy atom. The summed E-state index contributed by atoms with van der Waals surface area (Å²) in [5.41, 5.74) is 0.552. The van der Waals surface area contributed by atoms with Crippen LogP contribution in [0.2, 0.25) is 0 Å². The van der Waals surface area contributed by atoms with Crippen molar-refractivity contribution < 1.29 is 9.59 Å². The highest BCUT2D eigenvalue weighted by molar-refractivity contribution is 7.13. The maximum absolute atomic E-state index is 12.0. The van der Waals surface area contributed by atoms with Crippen LogP contribution >= 0.6 is 11.3 Å². The van der Waals surface area contributed by atoms with Gasteiger partial charge in [0.25, 0.3) is 5.91 Å². The van der Waals surface area contributed by atoms with Crippen molar-refractivity contribution >= 4 is 28.3 Å². The van der Waals surface area contributed by atoms with Crippen LogP contribution in [0.15, 0.2) is 41.9 Å². The molecule has 1 aromatic carbocycles. The zero-order valence-electron chi connectivity index (χ0n) is 13.3. The van der Waals surface area contributed by atoms with Crippen LogP contribution in [0.5, 0.6) is 0 Å². The molecule has 1 aromatic heterocycles. The van der Waals surface area contributed by atoms with E-state index in [4.69, 9.17) is 0 Å². The first-order valence-electron chi connectivity index (χ1n) is 8.00. The normalized spacial score (nSPS) is 16.8. The van der Waals surface area contributed by atoms with Gasteiger partial charge in [-0.15, -0.1) is 11.3 Å². The molecule has 24 heavy (non-hydrogen) atoms. The Labute approximate surface area is 144 Å². The van der Waals surface area contributed by atoms with Gasteiger partial charge in [0, 0.05) is 36.3 Å². The Bertz CT molecular complexity index is 675. The second-order valence-electron chi connectivity index (χ2n) is 5.66. The standard InChI is InChI=1S/C17H20N4O2S/c22-15(12-20-16(23)13-5-2-1-3-6-13)19-11-14-7-4-9-21(14)17-18-8-10-24-17/h1-3,5-6,8,10,14H,4,7,9,11-12H2,(H,19,22)(H,20,23). The number of carbonyl (C=O) groups excluding carboxylic acids is 2. The Kier molecular flexibility index (Phi) is 5.43. The lowest BCUT2D eigenvalue weighted by Crippen LogP contribution is -2.43. The maximum atomic E-state index is 12.0. The Hall–Kier alpha value is -2.41. The van der Waals surface area contributed by atoms with Gasteiger partial charge in [0.05, 0.1) is 6.54 Å². The van der Waals surface area contributed by atoms with Crippen LogP contribution in [0.4, 0.5) is 5.13 Å². The van der Waals surface area contributed by atoms with Gasteiger partial charge in [-0.05, 0) is 25.0 Å². The van der Waals surface area contributed by atoms with Crippen molar-refractivity contribution in [2.24, 2.45) is 0 Å². The number of benzene rings is 1. The molecular formula is C17H20N4O2S. The summed E-state index contributed by atoms with van der Waals surface area (Å²) in [6, 6.07) is 9.14. The van der Waals surface area contributed by atoms with Crippen molar-refractivity contribution in [3.63, 3.8) is 0 Å². The number of hydrogen-bond donors (Lipinski definition) is 2. The number of carbonyl (C=O) groups is 2. The van der Waals surface area contributed by atoms with E-state index >= 15 is 0 Å². The number of amides is 2. The summed E-state index contributed by atoms with van der Waals surface area (Å²) >= 11 is 1.62. The van der Waals surface area contributed by atoms with Crippen LogP contribution in [0.1, 0.15) is 23.2 Å². The van der Waals surface area contributed by atoms with Crippen LogP contribution in [0.3, 0.4) is 0 Å². The Morgan fingerprint density at radius 1 is 1.25 bits per heavy atom. The number of nitrogens with one attached hydrogen (secondary N) is 2. The van der Waals surface area contributed by atoms with Gasteiger partial charge in [-0.3, -0.25) is 9.59 Å². The molecule has 0 spiro atoms. The van der Waals surface area contributed by atoms with Crippen molar-refractivity contribution in [3.8, 4) is 0 Å². The fourth-order valence-corrected chi connectivity index (χ4v) is 3.54. The van der Waals surface area contributed by atoms with E-state index in [0.717, 1.165) is 24.5 Å². The largest absolute Gasteiger partial charge is 0.353 e. The fourth-order valence-electron chi connectivity index (χ4n) is 2.80. The van der Waals surface area contributed by atoms with Crippen molar-refractivity contribution in [2.75, 3.05) is 24.5 Å². The van der Waals surface area contributed by atoms with Crippen LogP contribution in [0.25, 0.3) is 0 Å². The molecule has 126 valence electrons. The molecule has 0 aliphatic carbocycles. The number of hydrogen-bond acceptors (Lipinski definition) is 5. The molecule has 7 heteroatoms. The summed E-state index contributed by atoms with van der Waals surface area (Å²) in [4.78, 5) is 30.5. The summed E-state index contributed by atoms with van der Waals surface area (Å²) in [7, 11) is 0. The van der Waals surface area contributed by atoms with E-state index in [1.165, 1.54) is 0 Å². The first-order valence-corrected chi connectivity index (χ1v) is 8.88. The summed E-state index contributed by atoms with van der Waals surface area (Å²) in [5.74, 6) is -0.415. The first kappa shape index (κ1) is 16.4. The molecule has 1 atom stereocenters. The van der Waals surface area contributed by atoms with Crippen LogP contribution in [-0.2, 0) is 4.79 Å². The highest BCUT2D eigenvalue weighted by Gasteiger charge is 2.26. The van der Waals surface area contributed by atoms with Crippen LogP contribution in [-0.4, -0.2) is 42.5 Å². The molecule has 6 nitrogen and oxygen atoms in total. The lowest BCUT2D eigenvalue weighted by atomic mass is 10.2. The molecule has 0 radical (unpaired) electrons. The lowest BCUT2D eigenvalue weighted by molar-refractivity contribution is -0.120. The minimum Gasteiger partial charge on any atom is -0.353 e. The van der Waals surface area contributed by atoms with Gasteiger partial charge in [-0.25, -0.2) is 4.98 Å². The predicted molar refractivity (Wildman–Crippen MR) is 94.3 cm³/mol. The van der Waals surface area contributed by atoms with Gasteiger partial charge in [0.1, 0.15) is 0 Å². The zero-order valence-corrected chi connectivity index (χ0v) is 14.1. The topological polar surface area (TPSA) is 74.3 Å². The fraction of sp³-hybridized carbons (Fsp3) is 0.353. The number of anilines is 1. The van der Waals surface area contributed by atoms with Crippen molar-refractivity contribution in [2.45, 2.75) is 18.9 Å². The molecule has 1 fully saturated rings. The number of rotatable bonds is 6. The van der Waals surface area contributed by atoms with E-state index in [1.807, 2.05) is 11.4 Å². The quantitative estimate of drug-likeness (QED) is 0.836. The van der Waals surface area contributed by atoms with E-state index in [9.17, 15) is 9.59 Å². The van der Waals surface area contributed by atoms with E-state index in [-0.39, 0.29) is 24.4 Å². The molecule has 2 heterocycles. The van der Waals surface area contributed by atoms with Crippen LogP contribution in [0, 0.1) is 0 Å². The van der Waals surface area contributed by atoms with E-state index in [1.54, 1.807) is 41.8 Å². The third-order valence-corrected chi connectivity index (χ3v) is 4.83. The Morgan fingerprint density at radius 2 is 2.08 bits per heavy atom. The molecule has 1 unspecified atom stereocenters. The van der Waals surface area contributed by atoms with Crippen molar-refractivity contribution in [1.82, 2.24) is 15.6 Å². The summed E-state index contributed by atoms with van der Waals surface area (Å²) < 4.78 is 0.